The van der Waals surface area contributed by atoms with Crippen LogP contribution in [0.2, 0.25) is 0 Å². The van der Waals surface area contributed by atoms with E-state index in [0.29, 0.717) is 0 Å². The number of likely N-dealkylation sites (N-methyl/N-ethyl adjacent to an activating group) is 1. The molecule has 0 radical (unpaired) electrons. The first-order valence-corrected chi connectivity index (χ1v) is 7.29. The zero-order valence-electron chi connectivity index (χ0n) is 11.8. The topological polar surface area (TPSA) is 71.2 Å². The highest BCUT2D eigenvalue weighted by molar-refractivity contribution is 7.99. The summed E-state index contributed by atoms with van der Waals surface area (Å²) in [6.07, 6.45) is 3.44. The van der Waals surface area contributed by atoms with Crippen molar-refractivity contribution in [1.82, 2.24) is 19.4 Å². The Kier molecular flexibility index (Phi) is 4.61. The molecule has 2 aromatic rings. The van der Waals surface area contributed by atoms with E-state index in [-0.39, 0.29) is 11.8 Å². The zero-order chi connectivity index (χ0) is 14.7. The number of hydrogen-bond donors (Lipinski definition) is 1. The van der Waals surface area contributed by atoms with Gasteiger partial charge in [-0.3, -0.25) is 9.78 Å². The summed E-state index contributed by atoms with van der Waals surface area (Å²) in [5.41, 5.74) is 1.79. The Morgan fingerprint density at radius 2 is 2.30 bits per heavy atom. The van der Waals surface area contributed by atoms with Gasteiger partial charge in [0.05, 0.1) is 17.5 Å². The van der Waals surface area contributed by atoms with Gasteiger partial charge in [0.25, 0.3) is 0 Å². The van der Waals surface area contributed by atoms with Gasteiger partial charge >= 0.3 is 5.97 Å². The second-order valence-corrected chi connectivity index (χ2v) is 5.86. The van der Waals surface area contributed by atoms with Gasteiger partial charge in [0, 0.05) is 18.8 Å². The van der Waals surface area contributed by atoms with Crippen molar-refractivity contribution in [2.24, 2.45) is 0 Å². The fraction of sp³-hybridized carbons (Fsp3) is 0.462. The van der Waals surface area contributed by atoms with E-state index >= 15 is 0 Å². The molecule has 6 nitrogen and oxygen atoms in total. The van der Waals surface area contributed by atoms with Crippen molar-refractivity contribution < 1.29 is 9.90 Å². The minimum absolute atomic E-state index is 0.00539. The molecule has 0 aliphatic rings. The maximum absolute atomic E-state index is 10.8. The molecule has 2 aromatic heterocycles. The monoisotopic (exact) mass is 294 g/mol. The lowest BCUT2D eigenvalue weighted by molar-refractivity contribution is -0.133. The van der Waals surface area contributed by atoms with Gasteiger partial charge in [-0.1, -0.05) is 11.8 Å². The number of pyridine rings is 1. The van der Waals surface area contributed by atoms with Gasteiger partial charge in [-0.05, 0) is 27.1 Å². The van der Waals surface area contributed by atoms with Crippen molar-refractivity contribution in [1.29, 1.82) is 0 Å². The first kappa shape index (κ1) is 14.8. The summed E-state index contributed by atoms with van der Waals surface area (Å²) in [6.45, 7) is 2.96. The average Bonchev–Trinajstić information content (AvgIpc) is 2.73. The number of carboxylic acids is 1. The SMILES string of the molecule is CC(CN(C)C)n1c(SCC(=O)O)nc2cnccc21. The third-order valence-electron chi connectivity index (χ3n) is 2.85. The van der Waals surface area contributed by atoms with Crippen LogP contribution in [0, 0.1) is 0 Å². The van der Waals surface area contributed by atoms with Gasteiger partial charge in [0.1, 0.15) is 5.52 Å². The van der Waals surface area contributed by atoms with E-state index in [4.69, 9.17) is 5.11 Å². The highest BCUT2D eigenvalue weighted by Crippen LogP contribution is 2.27. The minimum Gasteiger partial charge on any atom is -0.481 e. The molecule has 0 amide bonds. The van der Waals surface area contributed by atoms with E-state index in [9.17, 15) is 4.79 Å². The normalized spacial score (nSPS) is 13.0. The number of nitrogens with zero attached hydrogens (tertiary/aromatic N) is 4. The van der Waals surface area contributed by atoms with Gasteiger partial charge in [-0.25, -0.2) is 4.98 Å². The highest BCUT2D eigenvalue weighted by Gasteiger charge is 2.17. The van der Waals surface area contributed by atoms with Crippen LogP contribution in [0.4, 0.5) is 0 Å². The first-order chi connectivity index (χ1) is 9.49. The maximum atomic E-state index is 10.8. The van der Waals surface area contributed by atoms with Crippen molar-refractivity contribution in [3.05, 3.63) is 18.5 Å². The zero-order valence-corrected chi connectivity index (χ0v) is 12.6. The second-order valence-electron chi connectivity index (χ2n) is 4.92. The van der Waals surface area contributed by atoms with Crippen LogP contribution in [-0.2, 0) is 4.79 Å². The number of thioether (sulfide) groups is 1. The van der Waals surface area contributed by atoms with E-state index in [1.165, 1.54) is 11.8 Å². The molecule has 20 heavy (non-hydrogen) atoms. The molecule has 1 atom stereocenters. The number of hydrogen-bond acceptors (Lipinski definition) is 5. The van der Waals surface area contributed by atoms with E-state index in [1.54, 1.807) is 12.4 Å². The van der Waals surface area contributed by atoms with Crippen LogP contribution >= 0.6 is 11.8 Å². The van der Waals surface area contributed by atoms with Gasteiger partial charge in [-0.15, -0.1) is 0 Å². The van der Waals surface area contributed by atoms with E-state index < -0.39 is 5.97 Å². The Morgan fingerprint density at radius 1 is 1.55 bits per heavy atom. The molecule has 0 aliphatic carbocycles. The Morgan fingerprint density at radius 3 is 2.95 bits per heavy atom. The molecule has 0 aromatic carbocycles. The van der Waals surface area contributed by atoms with Crippen LogP contribution in [0.15, 0.2) is 23.6 Å². The summed E-state index contributed by atoms with van der Waals surface area (Å²) in [4.78, 5) is 21.4. The average molecular weight is 294 g/mol. The summed E-state index contributed by atoms with van der Waals surface area (Å²) in [7, 11) is 4.03. The number of aliphatic carboxylic acids is 1. The molecule has 0 aliphatic heterocycles. The van der Waals surface area contributed by atoms with Gasteiger partial charge in [0.2, 0.25) is 0 Å². The van der Waals surface area contributed by atoms with Crippen molar-refractivity contribution in [3.8, 4) is 0 Å². The Bertz CT molecular complexity index is 611. The smallest absolute Gasteiger partial charge is 0.313 e. The van der Waals surface area contributed by atoms with Crippen LogP contribution in [0.3, 0.4) is 0 Å². The summed E-state index contributed by atoms with van der Waals surface area (Å²) < 4.78 is 2.09. The molecule has 108 valence electrons. The predicted octanol–water partition coefficient (Wildman–Crippen LogP) is 1.73. The summed E-state index contributed by atoms with van der Waals surface area (Å²) >= 11 is 1.24. The Hall–Kier alpha value is -1.60. The standard InChI is InChI=1S/C13H18N4O2S/c1-9(7-16(2)3)17-11-4-5-14-6-10(11)15-13(17)20-8-12(18)19/h4-6,9H,7-8H2,1-3H3,(H,18,19). The second kappa shape index (κ2) is 6.23. The molecule has 0 fully saturated rings. The van der Waals surface area contributed by atoms with Crippen LogP contribution < -0.4 is 0 Å². The van der Waals surface area contributed by atoms with Crippen LogP contribution in [0.5, 0.6) is 0 Å². The minimum atomic E-state index is -0.841. The summed E-state index contributed by atoms with van der Waals surface area (Å²) in [5, 5.41) is 9.57. The van der Waals surface area contributed by atoms with E-state index in [2.05, 4.69) is 26.4 Å². The first-order valence-electron chi connectivity index (χ1n) is 6.30. The van der Waals surface area contributed by atoms with Gasteiger partial charge in [0.15, 0.2) is 5.16 Å². The van der Waals surface area contributed by atoms with Crippen molar-refractivity contribution in [2.45, 2.75) is 18.1 Å². The number of rotatable bonds is 6. The van der Waals surface area contributed by atoms with Crippen molar-refractivity contribution >= 4 is 28.8 Å². The van der Waals surface area contributed by atoms with Crippen LogP contribution in [0.25, 0.3) is 11.0 Å². The molecule has 0 spiro atoms. The molecule has 0 saturated heterocycles. The molecule has 0 saturated carbocycles. The van der Waals surface area contributed by atoms with Crippen LogP contribution in [-0.4, -0.2) is 56.9 Å². The quantitative estimate of drug-likeness (QED) is 0.818. The Labute approximate surface area is 121 Å². The number of imidazole rings is 1. The lowest BCUT2D eigenvalue weighted by Gasteiger charge is -2.20. The number of carboxylic acid groups (broad SMARTS) is 1. The van der Waals surface area contributed by atoms with E-state index in [1.807, 2.05) is 20.2 Å². The lowest BCUT2D eigenvalue weighted by atomic mass is 10.3. The van der Waals surface area contributed by atoms with Gasteiger partial charge in [-0.2, -0.15) is 0 Å². The number of carbonyl (C=O) groups is 1. The number of aromatic nitrogens is 3. The lowest BCUT2D eigenvalue weighted by Crippen LogP contribution is -2.23. The number of fused-ring (bicyclic) bond motifs is 1. The fourth-order valence-electron chi connectivity index (χ4n) is 2.19. The molecule has 2 rings (SSSR count). The summed E-state index contributed by atoms with van der Waals surface area (Å²) in [6, 6.07) is 2.12. The van der Waals surface area contributed by atoms with E-state index in [0.717, 1.165) is 22.7 Å². The molecule has 7 heteroatoms. The predicted molar refractivity (Wildman–Crippen MR) is 79.2 cm³/mol. The third kappa shape index (κ3) is 3.29. The molecule has 2 heterocycles. The molecule has 1 unspecified atom stereocenters. The highest BCUT2D eigenvalue weighted by atomic mass is 32.2. The molecule has 0 bridgehead atoms. The van der Waals surface area contributed by atoms with Gasteiger partial charge < -0.3 is 14.6 Å². The maximum Gasteiger partial charge on any atom is 0.313 e. The largest absolute Gasteiger partial charge is 0.481 e. The third-order valence-corrected chi connectivity index (χ3v) is 3.79. The fourth-order valence-corrected chi connectivity index (χ4v) is 3.03. The molecular formula is C13H18N4O2S. The van der Waals surface area contributed by atoms with Crippen LogP contribution in [0.1, 0.15) is 13.0 Å². The van der Waals surface area contributed by atoms with Crippen molar-refractivity contribution in [2.75, 3.05) is 26.4 Å². The summed E-state index contributed by atoms with van der Waals surface area (Å²) in [5.74, 6) is -0.835. The molecule has 1 N–H and O–H groups in total. The molecular weight excluding hydrogens is 276 g/mol. The Balaban J connectivity index is 2.41. The van der Waals surface area contributed by atoms with Crippen molar-refractivity contribution in [3.63, 3.8) is 0 Å².